The summed E-state index contributed by atoms with van der Waals surface area (Å²) in [7, 11) is 0. The average molecular weight is 257 g/mol. The minimum atomic E-state index is -0.479. The molecule has 0 aromatic carbocycles. The van der Waals surface area contributed by atoms with Gasteiger partial charge in [-0.2, -0.15) is 0 Å². The van der Waals surface area contributed by atoms with Gasteiger partial charge in [0.25, 0.3) is 0 Å². The second-order valence-electron chi connectivity index (χ2n) is 4.57. The topological polar surface area (TPSA) is 75.9 Å². The molecular weight excluding hydrogens is 234 g/mol. The largest absolute Gasteiger partial charge is 0.449 e. The Labute approximate surface area is 108 Å². The van der Waals surface area contributed by atoms with E-state index in [0.717, 1.165) is 12.8 Å². The van der Waals surface area contributed by atoms with Gasteiger partial charge in [-0.3, -0.25) is 4.79 Å². The second-order valence-corrected chi connectivity index (χ2v) is 4.57. The monoisotopic (exact) mass is 257 g/mol. The van der Waals surface area contributed by atoms with Crippen LogP contribution in [0.5, 0.6) is 0 Å². The quantitative estimate of drug-likeness (QED) is 0.740. The summed E-state index contributed by atoms with van der Waals surface area (Å²) in [6.45, 7) is 6.29. The summed E-state index contributed by atoms with van der Waals surface area (Å²) < 4.78 is 5.12. The van der Waals surface area contributed by atoms with Crippen LogP contribution in [0.2, 0.25) is 0 Å². The Bertz CT molecular complexity index is 286. The number of rotatable bonds is 4. The molecule has 2 N–H and O–H groups in total. The average Bonchev–Trinajstić information content (AvgIpc) is 2.38. The third-order valence-corrected chi connectivity index (χ3v) is 2.96. The minimum absolute atomic E-state index is 0.0611. The summed E-state index contributed by atoms with van der Waals surface area (Å²) in [5.74, 6) is -0.0611. The van der Waals surface area contributed by atoms with Gasteiger partial charge in [0.15, 0.2) is 0 Å². The van der Waals surface area contributed by atoms with Gasteiger partial charge in [0.2, 0.25) is 5.91 Å². The molecule has 0 aliphatic carbocycles. The maximum atomic E-state index is 11.7. The third-order valence-electron chi connectivity index (χ3n) is 2.96. The van der Waals surface area contributed by atoms with Gasteiger partial charge in [0, 0.05) is 26.2 Å². The minimum Gasteiger partial charge on any atom is -0.449 e. The lowest BCUT2D eigenvalue weighted by atomic mass is 10.2. The number of amides is 2. The van der Waals surface area contributed by atoms with Crippen LogP contribution in [-0.2, 0) is 9.53 Å². The number of nitrogens with two attached hydrogens (primary N) is 1. The van der Waals surface area contributed by atoms with Gasteiger partial charge in [-0.15, -0.1) is 0 Å². The first-order valence-electron chi connectivity index (χ1n) is 6.52. The van der Waals surface area contributed by atoms with E-state index in [1.54, 1.807) is 16.7 Å². The maximum Gasteiger partial charge on any atom is 0.409 e. The highest BCUT2D eigenvalue weighted by atomic mass is 16.6. The third kappa shape index (κ3) is 4.18. The normalized spacial score (nSPS) is 17.5. The molecule has 1 saturated heterocycles. The summed E-state index contributed by atoms with van der Waals surface area (Å²) >= 11 is 0. The number of carbonyl (C=O) groups is 2. The van der Waals surface area contributed by atoms with Crippen molar-refractivity contribution in [2.75, 3.05) is 32.8 Å². The number of ether oxygens (including phenoxy) is 1. The Kier molecular flexibility index (Phi) is 5.91. The van der Waals surface area contributed by atoms with Crippen LogP contribution in [0, 0.1) is 0 Å². The molecule has 1 rings (SSSR count). The Morgan fingerprint density at radius 2 is 1.78 bits per heavy atom. The first-order chi connectivity index (χ1) is 8.56. The van der Waals surface area contributed by atoms with E-state index < -0.39 is 6.04 Å². The number of nitrogens with zero attached hydrogens (tertiary/aromatic N) is 2. The van der Waals surface area contributed by atoms with Gasteiger partial charge < -0.3 is 20.3 Å². The van der Waals surface area contributed by atoms with Crippen LogP contribution in [0.15, 0.2) is 0 Å². The van der Waals surface area contributed by atoms with Crippen LogP contribution in [0.25, 0.3) is 0 Å². The fourth-order valence-electron chi connectivity index (χ4n) is 1.79. The summed E-state index contributed by atoms with van der Waals surface area (Å²) in [5, 5.41) is 0. The summed E-state index contributed by atoms with van der Waals surface area (Å²) in [6, 6.07) is -0.479. The number of hydrogen-bond donors (Lipinski definition) is 1. The number of unbranched alkanes of at least 4 members (excludes halogenated alkanes) is 1. The molecule has 104 valence electrons. The van der Waals surface area contributed by atoms with Crippen LogP contribution in [-0.4, -0.2) is 60.6 Å². The standard InChI is InChI=1S/C12H23N3O3/c1-3-4-9-18-12(17)15-7-5-14(6-8-15)11(16)10(2)13/h10H,3-9,13H2,1-2H3. The van der Waals surface area contributed by atoms with Gasteiger partial charge >= 0.3 is 6.09 Å². The molecule has 0 aromatic heterocycles. The van der Waals surface area contributed by atoms with Crippen molar-refractivity contribution in [1.82, 2.24) is 9.80 Å². The van der Waals surface area contributed by atoms with Crippen molar-refractivity contribution in [2.45, 2.75) is 32.7 Å². The highest BCUT2D eigenvalue weighted by Gasteiger charge is 2.26. The fourth-order valence-corrected chi connectivity index (χ4v) is 1.79. The molecule has 6 nitrogen and oxygen atoms in total. The number of piperazine rings is 1. The Morgan fingerprint density at radius 3 is 2.28 bits per heavy atom. The SMILES string of the molecule is CCCCOC(=O)N1CCN(C(=O)C(C)N)CC1. The van der Waals surface area contributed by atoms with E-state index >= 15 is 0 Å². The predicted molar refractivity (Wildman–Crippen MR) is 68.1 cm³/mol. The first-order valence-corrected chi connectivity index (χ1v) is 6.52. The van der Waals surface area contributed by atoms with Crippen molar-refractivity contribution in [3.8, 4) is 0 Å². The van der Waals surface area contributed by atoms with Crippen molar-refractivity contribution >= 4 is 12.0 Å². The lowest BCUT2D eigenvalue weighted by molar-refractivity contribution is -0.133. The lowest BCUT2D eigenvalue weighted by Gasteiger charge is -2.34. The summed E-state index contributed by atoms with van der Waals surface area (Å²) in [6.07, 6.45) is 1.61. The van der Waals surface area contributed by atoms with Gasteiger partial charge in [-0.25, -0.2) is 4.79 Å². The second kappa shape index (κ2) is 7.20. The number of hydrogen-bond acceptors (Lipinski definition) is 4. The molecule has 0 aromatic rings. The van der Waals surface area contributed by atoms with Gasteiger partial charge in [-0.05, 0) is 13.3 Å². The zero-order chi connectivity index (χ0) is 13.5. The van der Waals surface area contributed by atoms with Gasteiger partial charge in [-0.1, -0.05) is 13.3 Å². The van der Waals surface area contributed by atoms with E-state index in [0.29, 0.717) is 32.8 Å². The van der Waals surface area contributed by atoms with Gasteiger partial charge in [0.05, 0.1) is 12.6 Å². The zero-order valence-electron chi connectivity index (χ0n) is 11.2. The molecule has 1 fully saturated rings. The summed E-state index contributed by atoms with van der Waals surface area (Å²) in [4.78, 5) is 26.6. The fraction of sp³-hybridized carbons (Fsp3) is 0.833. The highest BCUT2D eigenvalue weighted by Crippen LogP contribution is 2.05. The van der Waals surface area contributed by atoms with E-state index in [9.17, 15) is 9.59 Å². The van der Waals surface area contributed by atoms with Crippen LogP contribution in [0.1, 0.15) is 26.7 Å². The van der Waals surface area contributed by atoms with Crippen LogP contribution in [0.3, 0.4) is 0 Å². The van der Waals surface area contributed by atoms with E-state index in [1.807, 2.05) is 6.92 Å². The maximum absolute atomic E-state index is 11.7. The molecule has 6 heteroatoms. The molecule has 1 heterocycles. The molecule has 2 amide bonds. The highest BCUT2D eigenvalue weighted by molar-refractivity contribution is 5.81. The smallest absolute Gasteiger partial charge is 0.409 e. The predicted octanol–water partition coefficient (Wildman–Crippen LogP) is 0.415. The lowest BCUT2D eigenvalue weighted by Crippen LogP contribution is -2.53. The molecule has 1 unspecified atom stereocenters. The molecule has 0 radical (unpaired) electrons. The molecule has 1 aliphatic rings. The van der Waals surface area contributed by atoms with E-state index in [-0.39, 0.29) is 12.0 Å². The molecule has 0 spiro atoms. The molecule has 1 aliphatic heterocycles. The first kappa shape index (κ1) is 14.8. The van der Waals surface area contributed by atoms with E-state index in [2.05, 4.69) is 0 Å². The Morgan fingerprint density at radius 1 is 1.22 bits per heavy atom. The molecule has 18 heavy (non-hydrogen) atoms. The zero-order valence-corrected chi connectivity index (χ0v) is 11.2. The Hall–Kier alpha value is -1.30. The van der Waals surface area contributed by atoms with Crippen molar-refractivity contribution in [3.63, 3.8) is 0 Å². The van der Waals surface area contributed by atoms with E-state index in [4.69, 9.17) is 10.5 Å². The molecule has 0 saturated carbocycles. The van der Waals surface area contributed by atoms with Crippen molar-refractivity contribution < 1.29 is 14.3 Å². The van der Waals surface area contributed by atoms with Crippen molar-refractivity contribution in [1.29, 1.82) is 0 Å². The van der Waals surface area contributed by atoms with E-state index in [1.165, 1.54) is 0 Å². The molecule has 0 bridgehead atoms. The Balaban J connectivity index is 2.30. The van der Waals surface area contributed by atoms with Crippen molar-refractivity contribution in [2.24, 2.45) is 5.73 Å². The number of carbonyl (C=O) groups excluding carboxylic acids is 2. The summed E-state index contributed by atoms with van der Waals surface area (Å²) in [5.41, 5.74) is 5.55. The van der Waals surface area contributed by atoms with Crippen LogP contribution in [0.4, 0.5) is 4.79 Å². The van der Waals surface area contributed by atoms with Crippen molar-refractivity contribution in [3.05, 3.63) is 0 Å². The van der Waals surface area contributed by atoms with Gasteiger partial charge in [0.1, 0.15) is 0 Å². The molecule has 1 atom stereocenters. The van der Waals surface area contributed by atoms with Crippen LogP contribution < -0.4 is 5.73 Å². The van der Waals surface area contributed by atoms with Crippen LogP contribution >= 0.6 is 0 Å². The molecular formula is C12H23N3O3.